The molecule has 1 saturated carbocycles. The maximum Gasteiger partial charge on any atom is 0.317 e. The van der Waals surface area contributed by atoms with Gasteiger partial charge >= 0.3 is 11.9 Å². The van der Waals surface area contributed by atoms with Crippen molar-refractivity contribution in [3.8, 4) is 0 Å². The lowest BCUT2D eigenvalue weighted by molar-refractivity contribution is -0.153. The standard InChI is InChI=1S/C11H16O3/c12-10-7-9(11(13)14-10)6-8-4-2-1-3-5-8/h8-9H,1-7H2/t9-/m0/s1. The molecule has 0 aromatic rings. The molecule has 78 valence electrons. The van der Waals surface area contributed by atoms with Crippen molar-refractivity contribution in [2.45, 2.75) is 44.9 Å². The highest BCUT2D eigenvalue weighted by Gasteiger charge is 2.35. The van der Waals surface area contributed by atoms with Crippen LogP contribution in [0, 0.1) is 11.8 Å². The van der Waals surface area contributed by atoms with E-state index < -0.39 is 0 Å². The lowest BCUT2D eigenvalue weighted by Gasteiger charge is -2.22. The highest BCUT2D eigenvalue weighted by atomic mass is 16.6. The van der Waals surface area contributed by atoms with Crippen LogP contribution in [-0.2, 0) is 14.3 Å². The van der Waals surface area contributed by atoms with Crippen LogP contribution in [0.3, 0.4) is 0 Å². The van der Waals surface area contributed by atoms with Gasteiger partial charge in [0.2, 0.25) is 0 Å². The van der Waals surface area contributed by atoms with Gasteiger partial charge in [0.1, 0.15) is 0 Å². The number of carbonyl (C=O) groups excluding carboxylic acids is 2. The van der Waals surface area contributed by atoms with Gasteiger partial charge < -0.3 is 4.74 Å². The van der Waals surface area contributed by atoms with E-state index in [1.807, 2.05) is 0 Å². The highest BCUT2D eigenvalue weighted by Crippen LogP contribution is 2.32. The van der Waals surface area contributed by atoms with E-state index in [0.29, 0.717) is 12.3 Å². The van der Waals surface area contributed by atoms with Crippen LogP contribution in [0.5, 0.6) is 0 Å². The molecule has 0 amide bonds. The Kier molecular flexibility index (Phi) is 2.85. The van der Waals surface area contributed by atoms with Gasteiger partial charge in [0.25, 0.3) is 0 Å². The largest absolute Gasteiger partial charge is 0.393 e. The fourth-order valence-electron chi connectivity index (χ4n) is 2.53. The molecule has 2 rings (SSSR count). The molecule has 1 atom stereocenters. The second-order valence-electron chi connectivity index (χ2n) is 4.43. The first-order valence-electron chi connectivity index (χ1n) is 5.50. The smallest absolute Gasteiger partial charge is 0.317 e. The molecule has 1 aliphatic carbocycles. The van der Waals surface area contributed by atoms with Crippen molar-refractivity contribution in [2.24, 2.45) is 11.8 Å². The van der Waals surface area contributed by atoms with Gasteiger partial charge in [-0.15, -0.1) is 0 Å². The highest BCUT2D eigenvalue weighted by molar-refractivity contribution is 5.94. The van der Waals surface area contributed by atoms with Crippen molar-refractivity contribution in [2.75, 3.05) is 0 Å². The van der Waals surface area contributed by atoms with Crippen LogP contribution in [0.25, 0.3) is 0 Å². The fourth-order valence-corrected chi connectivity index (χ4v) is 2.53. The van der Waals surface area contributed by atoms with Crippen molar-refractivity contribution in [1.82, 2.24) is 0 Å². The third kappa shape index (κ3) is 2.14. The summed E-state index contributed by atoms with van der Waals surface area (Å²) in [5, 5.41) is 0. The molecule has 2 aliphatic rings. The average Bonchev–Trinajstić information content (AvgIpc) is 2.47. The summed E-state index contributed by atoms with van der Waals surface area (Å²) >= 11 is 0. The molecule has 0 spiro atoms. The Labute approximate surface area is 83.8 Å². The van der Waals surface area contributed by atoms with Crippen molar-refractivity contribution >= 4 is 11.9 Å². The number of hydrogen-bond acceptors (Lipinski definition) is 3. The van der Waals surface area contributed by atoms with Gasteiger partial charge in [-0.05, 0) is 12.3 Å². The van der Waals surface area contributed by atoms with E-state index in [4.69, 9.17) is 0 Å². The lowest BCUT2D eigenvalue weighted by Crippen LogP contribution is -2.15. The van der Waals surface area contributed by atoms with Crippen molar-refractivity contribution in [3.63, 3.8) is 0 Å². The van der Waals surface area contributed by atoms with Gasteiger partial charge in [-0.2, -0.15) is 0 Å². The van der Waals surface area contributed by atoms with Crippen LogP contribution in [0.2, 0.25) is 0 Å². The maximum absolute atomic E-state index is 11.2. The van der Waals surface area contributed by atoms with E-state index in [1.54, 1.807) is 0 Å². The van der Waals surface area contributed by atoms with Crippen molar-refractivity contribution in [3.05, 3.63) is 0 Å². The van der Waals surface area contributed by atoms with E-state index >= 15 is 0 Å². The summed E-state index contributed by atoms with van der Waals surface area (Å²) in [6, 6.07) is 0. The summed E-state index contributed by atoms with van der Waals surface area (Å²) < 4.78 is 4.54. The van der Waals surface area contributed by atoms with Gasteiger partial charge in [0.15, 0.2) is 0 Å². The fraction of sp³-hybridized carbons (Fsp3) is 0.818. The van der Waals surface area contributed by atoms with Crippen molar-refractivity contribution in [1.29, 1.82) is 0 Å². The van der Waals surface area contributed by atoms with E-state index in [1.165, 1.54) is 32.1 Å². The van der Waals surface area contributed by atoms with E-state index in [-0.39, 0.29) is 17.9 Å². The number of esters is 2. The molecule has 1 saturated heterocycles. The van der Waals surface area contributed by atoms with E-state index in [0.717, 1.165) is 6.42 Å². The molecule has 0 aromatic heterocycles. The molecular formula is C11H16O3. The van der Waals surface area contributed by atoms with Gasteiger partial charge in [-0.25, -0.2) is 0 Å². The second-order valence-corrected chi connectivity index (χ2v) is 4.43. The van der Waals surface area contributed by atoms with E-state index in [2.05, 4.69) is 4.74 Å². The Morgan fingerprint density at radius 1 is 1.14 bits per heavy atom. The molecule has 1 aliphatic heterocycles. The third-order valence-electron chi connectivity index (χ3n) is 3.30. The summed E-state index contributed by atoms with van der Waals surface area (Å²) in [6.07, 6.45) is 7.50. The number of rotatable bonds is 2. The number of hydrogen-bond donors (Lipinski definition) is 0. The summed E-state index contributed by atoms with van der Waals surface area (Å²) in [5.41, 5.74) is 0. The SMILES string of the molecule is O=C1C[C@H](CC2CCCCC2)C(=O)O1. The topological polar surface area (TPSA) is 43.4 Å². The molecule has 3 nitrogen and oxygen atoms in total. The number of ether oxygens (including phenoxy) is 1. The Morgan fingerprint density at radius 3 is 2.43 bits per heavy atom. The minimum atomic E-state index is -0.337. The van der Waals surface area contributed by atoms with Crippen LogP contribution in [0.4, 0.5) is 0 Å². The van der Waals surface area contributed by atoms with E-state index in [9.17, 15) is 9.59 Å². The van der Waals surface area contributed by atoms with Gasteiger partial charge in [0, 0.05) is 0 Å². The summed E-state index contributed by atoms with van der Waals surface area (Å²) in [6.45, 7) is 0. The van der Waals surface area contributed by atoms with Crippen LogP contribution < -0.4 is 0 Å². The zero-order valence-electron chi connectivity index (χ0n) is 8.33. The van der Waals surface area contributed by atoms with Crippen LogP contribution >= 0.6 is 0 Å². The third-order valence-corrected chi connectivity index (χ3v) is 3.30. The van der Waals surface area contributed by atoms with Gasteiger partial charge in [0.05, 0.1) is 12.3 Å². The number of carbonyl (C=O) groups is 2. The van der Waals surface area contributed by atoms with Crippen molar-refractivity contribution < 1.29 is 14.3 Å². The predicted molar refractivity (Wildman–Crippen MR) is 50.4 cm³/mol. The molecule has 14 heavy (non-hydrogen) atoms. The van der Waals surface area contributed by atoms with Gasteiger partial charge in [-0.1, -0.05) is 32.1 Å². The summed E-state index contributed by atoms with van der Waals surface area (Å²) in [4.78, 5) is 22.1. The molecule has 0 N–H and O–H groups in total. The predicted octanol–water partition coefficient (Wildman–Crippen LogP) is 2.05. The molecule has 2 fully saturated rings. The first-order chi connectivity index (χ1) is 6.75. The monoisotopic (exact) mass is 196 g/mol. The Hall–Kier alpha value is -0.860. The Balaban J connectivity index is 1.84. The second kappa shape index (κ2) is 4.11. The number of cyclic esters (lactones) is 2. The normalized spacial score (nSPS) is 29.3. The minimum Gasteiger partial charge on any atom is -0.393 e. The first-order valence-corrected chi connectivity index (χ1v) is 5.50. The average molecular weight is 196 g/mol. The lowest BCUT2D eigenvalue weighted by atomic mass is 9.82. The zero-order chi connectivity index (χ0) is 9.97. The zero-order valence-corrected chi connectivity index (χ0v) is 8.33. The van der Waals surface area contributed by atoms with Gasteiger partial charge in [-0.3, -0.25) is 9.59 Å². The molecule has 0 radical (unpaired) electrons. The quantitative estimate of drug-likeness (QED) is 0.501. The van der Waals surface area contributed by atoms with Crippen LogP contribution in [0.15, 0.2) is 0 Å². The Bertz CT molecular complexity index is 241. The molecule has 3 heteroatoms. The molecular weight excluding hydrogens is 180 g/mol. The van der Waals surface area contributed by atoms with Crippen LogP contribution in [0.1, 0.15) is 44.9 Å². The summed E-state index contributed by atoms with van der Waals surface area (Å²) in [5.74, 6) is -0.116. The maximum atomic E-state index is 11.2. The first kappa shape index (κ1) is 9.69. The molecule has 0 aromatic carbocycles. The summed E-state index contributed by atoms with van der Waals surface area (Å²) in [7, 11) is 0. The molecule has 0 bridgehead atoms. The van der Waals surface area contributed by atoms with Crippen LogP contribution in [-0.4, -0.2) is 11.9 Å². The minimum absolute atomic E-state index is 0.134. The molecule has 1 heterocycles. The molecule has 0 unspecified atom stereocenters. The Morgan fingerprint density at radius 2 is 1.86 bits per heavy atom.